The first-order chi connectivity index (χ1) is 14.0. The first-order valence-electron chi connectivity index (χ1n) is 9.53. The van der Waals surface area contributed by atoms with E-state index in [2.05, 4.69) is 5.32 Å². The van der Waals surface area contributed by atoms with Gasteiger partial charge in [0.05, 0.1) is 10.0 Å². The number of ketones is 1. The molecule has 0 amide bonds. The molecule has 0 spiro atoms. The molecule has 5 rings (SSSR count). The Bertz CT molecular complexity index is 1180. The van der Waals surface area contributed by atoms with Crippen molar-refractivity contribution in [3.63, 3.8) is 0 Å². The molecule has 0 bridgehead atoms. The van der Waals surface area contributed by atoms with Crippen LogP contribution in [-0.4, -0.2) is 20.5 Å². The lowest BCUT2D eigenvalue weighted by atomic mass is 9.85. The van der Waals surface area contributed by atoms with Crippen LogP contribution in [0.5, 0.6) is 0 Å². The Hall–Kier alpha value is -2.63. The van der Waals surface area contributed by atoms with Crippen LogP contribution in [0.4, 0.5) is 5.95 Å². The van der Waals surface area contributed by atoms with Crippen LogP contribution < -0.4 is 5.32 Å². The number of nitrogens with zero attached hydrogens (tertiary/aromatic N) is 3. The van der Waals surface area contributed by atoms with Crippen LogP contribution in [0.1, 0.15) is 36.4 Å². The Morgan fingerprint density at radius 1 is 1.10 bits per heavy atom. The van der Waals surface area contributed by atoms with Gasteiger partial charge >= 0.3 is 0 Å². The Balaban J connectivity index is 1.69. The lowest BCUT2D eigenvalue weighted by Gasteiger charge is -2.32. The number of halogens is 2. The van der Waals surface area contributed by atoms with Gasteiger partial charge in [-0.3, -0.25) is 4.79 Å². The van der Waals surface area contributed by atoms with E-state index in [9.17, 15) is 4.79 Å². The van der Waals surface area contributed by atoms with E-state index in [0.717, 1.165) is 40.8 Å². The lowest BCUT2D eigenvalue weighted by Crippen LogP contribution is -2.31. The third-order valence-corrected chi connectivity index (χ3v) is 6.14. The number of hydrogen-bond donors (Lipinski definition) is 1. The van der Waals surface area contributed by atoms with Crippen molar-refractivity contribution in [3.05, 3.63) is 74.9 Å². The summed E-state index contributed by atoms with van der Waals surface area (Å²) >= 11 is 12.4. The number of allylic oxidation sites excluding steroid dienone is 2. The molecule has 1 atom stereocenters. The molecule has 0 fully saturated rings. The van der Waals surface area contributed by atoms with Gasteiger partial charge in [-0.2, -0.15) is 4.98 Å². The third-order valence-electron chi connectivity index (χ3n) is 5.40. The maximum atomic E-state index is 12.9. The molecular formula is C22H18Cl2N4O. The standard InChI is InChI=1S/C22H18Cl2N4O/c1-12-4-2-5-14(10-12)21-26-22-25-17-6-3-7-18(29)19(17)20(28(22)27-21)13-8-9-15(23)16(24)11-13/h2,4-5,8-11,20H,3,6-7H2,1H3,(H,25,26,27). The average Bonchev–Trinajstić information content (AvgIpc) is 3.12. The van der Waals surface area contributed by atoms with Crippen LogP contribution in [0.2, 0.25) is 10.0 Å². The van der Waals surface area contributed by atoms with Gasteiger partial charge in [-0.25, -0.2) is 4.68 Å². The van der Waals surface area contributed by atoms with Crippen molar-refractivity contribution in [2.24, 2.45) is 0 Å². The number of fused-ring (bicyclic) bond motifs is 1. The molecule has 29 heavy (non-hydrogen) atoms. The molecule has 1 aliphatic heterocycles. The molecule has 1 aliphatic carbocycles. The third kappa shape index (κ3) is 3.15. The Labute approximate surface area is 178 Å². The number of rotatable bonds is 2. The van der Waals surface area contributed by atoms with Gasteiger partial charge in [-0.1, -0.05) is 53.0 Å². The predicted molar refractivity (Wildman–Crippen MR) is 114 cm³/mol. The van der Waals surface area contributed by atoms with Gasteiger partial charge in [0.1, 0.15) is 6.04 Å². The van der Waals surface area contributed by atoms with Crippen LogP contribution in [0, 0.1) is 6.92 Å². The fraction of sp³-hybridized carbons (Fsp3) is 0.227. The highest BCUT2D eigenvalue weighted by Gasteiger charge is 2.37. The highest BCUT2D eigenvalue weighted by atomic mass is 35.5. The second-order valence-electron chi connectivity index (χ2n) is 7.44. The maximum absolute atomic E-state index is 12.9. The number of benzene rings is 2. The minimum atomic E-state index is -0.380. The smallest absolute Gasteiger partial charge is 0.226 e. The maximum Gasteiger partial charge on any atom is 0.226 e. The Morgan fingerprint density at radius 3 is 2.76 bits per heavy atom. The van der Waals surface area contributed by atoms with Crippen LogP contribution in [0.25, 0.3) is 11.4 Å². The predicted octanol–water partition coefficient (Wildman–Crippen LogP) is 5.58. The van der Waals surface area contributed by atoms with Crippen LogP contribution in [0.15, 0.2) is 53.7 Å². The molecular weight excluding hydrogens is 407 g/mol. The summed E-state index contributed by atoms with van der Waals surface area (Å²) in [7, 11) is 0. The van der Waals surface area contributed by atoms with Crippen LogP contribution >= 0.6 is 23.2 Å². The van der Waals surface area contributed by atoms with Crippen molar-refractivity contribution in [2.45, 2.75) is 32.2 Å². The van der Waals surface area contributed by atoms with E-state index >= 15 is 0 Å². The molecule has 0 saturated heterocycles. The van der Waals surface area contributed by atoms with Gasteiger partial charge in [0.15, 0.2) is 11.6 Å². The van der Waals surface area contributed by atoms with E-state index in [1.807, 2.05) is 43.3 Å². The van der Waals surface area contributed by atoms with Gasteiger partial charge in [0.25, 0.3) is 0 Å². The summed E-state index contributed by atoms with van der Waals surface area (Å²) in [6.45, 7) is 2.04. The SMILES string of the molecule is Cc1cccc(-c2nc3n(n2)C(c2ccc(Cl)c(Cl)c2)C2=C(CCCC2=O)N3)c1. The van der Waals surface area contributed by atoms with E-state index in [1.54, 1.807) is 10.7 Å². The van der Waals surface area contributed by atoms with E-state index in [0.29, 0.717) is 28.2 Å². The quantitative estimate of drug-likeness (QED) is 0.582. The highest BCUT2D eigenvalue weighted by Crippen LogP contribution is 2.41. The summed E-state index contributed by atoms with van der Waals surface area (Å²) < 4.78 is 1.79. The number of aromatic nitrogens is 3. The summed E-state index contributed by atoms with van der Waals surface area (Å²) in [6.07, 6.45) is 2.18. The normalized spacial score (nSPS) is 18.3. The van der Waals surface area contributed by atoms with Crippen LogP contribution in [-0.2, 0) is 4.79 Å². The number of Topliss-reactive ketones (excluding diaryl/α,β-unsaturated/α-hetero) is 1. The van der Waals surface area contributed by atoms with Crippen LogP contribution in [0.3, 0.4) is 0 Å². The summed E-state index contributed by atoms with van der Waals surface area (Å²) in [6, 6.07) is 13.1. The molecule has 1 N–H and O–H groups in total. The van der Waals surface area contributed by atoms with Gasteiger partial charge in [-0.15, -0.1) is 5.10 Å². The molecule has 3 aromatic rings. The van der Waals surface area contributed by atoms with Crippen molar-refractivity contribution in [3.8, 4) is 11.4 Å². The average molecular weight is 425 g/mol. The molecule has 146 valence electrons. The summed E-state index contributed by atoms with van der Waals surface area (Å²) in [4.78, 5) is 17.6. The molecule has 1 aromatic heterocycles. The first kappa shape index (κ1) is 18.4. The first-order valence-corrected chi connectivity index (χ1v) is 10.3. The molecule has 1 unspecified atom stereocenters. The van der Waals surface area contributed by atoms with E-state index in [4.69, 9.17) is 33.3 Å². The van der Waals surface area contributed by atoms with Crippen molar-refractivity contribution >= 4 is 34.9 Å². The number of aryl methyl sites for hydroxylation is 1. The summed E-state index contributed by atoms with van der Waals surface area (Å²) in [5.41, 5.74) is 4.60. The molecule has 2 aliphatic rings. The summed E-state index contributed by atoms with van der Waals surface area (Å²) in [5, 5.41) is 9.06. The van der Waals surface area contributed by atoms with Crippen molar-refractivity contribution in [2.75, 3.05) is 5.32 Å². The Morgan fingerprint density at radius 2 is 1.97 bits per heavy atom. The molecule has 0 saturated carbocycles. The zero-order chi connectivity index (χ0) is 20.1. The van der Waals surface area contributed by atoms with Gasteiger partial charge in [0, 0.05) is 23.3 Å². The van der Waals surface area contributed by atoms with Gasteiger partial charge in [-0.05, 0) is 43.5 Å². The fourth-order valence-corrected chi connectivity index (χ4v) is 4.36. The summed E-state index contributed by atoms with van der Waals surface area (Å²) in [5.74, 6) is 1.38. The molecule has 0 radical (unpaired) electrons. The topological polar surface area (TPSA) is 59.8 Å². The van der Waals surface area contributed by atoms with Crippen molar-refractivity contribution in [1.29, 1.82) is 0 Å². The monoisotopic (exact) mass is 424 g/mol. The second kappa shape index (κ2) is 7.01. The molecule has 7 heteroatoms. The number of carbonyl (C=O) groups is 1. The number of hydrogen-bond acceptors (Lipinski definition) is 4. The lowest BCUT2D eigenvalue weighted by molar-refractivity contribution is -0.116. The minimum absolute atomic E-state index is 0.132. The zero-order valence-corrected chi connectivity index (χ0v) is 17.3. The van der Waals surface area contributed by atoms with E-state index in [-0.39, 0.29) is 11.8 Å². The van der Waals surface area contributed by atoms with Crippen molar-refractivity contribution < 1.29 is 4.79 Å². The molecule has 5 nitrogen and oxygen atoms in total. The zero-order valence-electron chi connectivity index (χ0n) is 15.7. The minimum Gasteiger partial charge on any atom is -0.328 e. The fourth-order valence-electron chi connectivity index (χ4n) is 4.05. The van der Waals surface area contributed by atoms with E-state index < -0.39 is 0 Å². The largest absolute Gasteiger partial charge is 0.328 e. The van der Waals surface area contributed by atoms with Gasteiger partial charge < -0.3 is 5.32 Å². The Kier molecular flexibility index (Phi) is 4.45. The molecule has 2 aromatic carbocycles. The number of carbonyl (C=O) groups excluding carboxylic acids is 1. The second-order valence-corrected chi connectivity index (χ2v) is 8.26. The molecule has 2 heterocycles. The van der Waals surface area contributed by atoms with Crippen molar-refractivity contribution in [1.82, 2.24) is 14.8 Å². The number of anilines is 1. The van der Waals surface area contributed by atoms with E-state index in [1.165, 1.54) is 0 Å². The van der Waals surface area contributed by atoms with Gasteiger partial charge in [0.2, 0.25) is 5.95 Å². The highest BCUT2D eigenvalue weighted by molar-refractivity contribution is 6.42. The number of nitrogens with one attached hydrogen (secondary N) is 1.